The van der Waals surface area contributed by atoms with Crippen molar-refractivity contribution in [3.05, 3.63) is 68.6 Å². The normalized spacial score (nSPS) is 16.6. The van der Waals surface area contributed by atoms with Crippen molar-refractivity contribution in [2.24, 2.45) is 0 Å². The molecule has 0 bridgehead atoms. The Labute approximate surface area is 191 Å². The molecule has 1 aromatic heterocycles. The molecule has 0 spiro atoms. The highest BCUT2D eigenvalue weighted by molar-refractivity contribution is 7.92. The fourth-order valence-corrected chi connectivity index (χ4v) is 5.43. The fourth-order valence-electron chi connectivity index (χ4n) is 4.20. The summed E-state index contributed by atoms with van der Waals surface area (Å²) >= 11 is 0. The van der Waals surface area contributed by atoms with Gasteiger partial charge in [-0.2, -0.15) is 5.26 Å². The molecule has 1 aliphatic heterocycles. The summed E-state index contributed by atoms with van der Waals surface area (Å²) in [4.78, 5) is 40.3. The molecule has 4 rings (SSSR count). The van der Waals surface area contributed by atoms with E-state index in [4.69, 9.17) is 5.26 Å². The molecule has 0 saturated heterocycles. The van der Waals surface area contributed by atoms with E-state index < -0.39 is 32.0 Å². The molecule has 1 fully saturated rings. The Morgan fingerprint density at radius 3 is 2.42 bits per heavy atom. The standard InChI is InChI=1S/C23H24N4O5S/c1-15-11-18(20(28)25-13-17-5-3-16(12-24)4-6-17)21(29)27-10-9-26(22(30)19(15)27)14-23(7-8-23)33(2,31)32/h3-6,11H,7-10,13-14H2,1-2H3,(H,25,28). The van der Waals surface area contributed by atoms with E-state index in [0.717, 1.165) is 5.56 Å². The van der Waals surface area contributed by atoms with Gasteiger partial charge in [-0.25, -0.2) is 8.42 Å². The van der Waals surface area contributed by atoms with Gasteiger partial charge in [-0.3, -0.25) is 14.4 Å². The molecule has 2 amide bonds. The molecule has 10 heteroatoms. The van der Waals surface area contributed by atoms with Gasteiger partial charge in [0, 0.05) is 32.4 Å². The lowest BCUT2D eigenvalue weighted by Crippen LogP contribution is -2.50. The van der Waals surface area contributed by atoms with E-state index >= 15 is 0 Å². The monoisotopic (exact) mass is 468 g/mol. The third kappa shape index (κ3) is 4.16. The van der Waals surface area contributed by atoms with Gasteiger partial charge in [0.1, 0.15) is 11.3 Å². The second-order valence-corrected chi connectivity index (χ2v) is 11.1. The van der Waals surface area contributed by atoms with Gasteiger partial charge in [-0.1, -0.05) is 12.1 Å². The molecule has 2 heterocycles. The number of aryl methyl sites for hydroxylation is 1. The van der Waals surface area contributed by atoms with Crippen molar-refractivity contribution in [3.8, 4) is 6.07 Å². The van der Waals surface area contributed by atoms with E-state index in [9.17, 15) is 22.8 Å². The lowest BCUT2D eigenvalue weighted by Gasteiger charge is -2.33. The first-order chi connectivity index (χ1) is 15.6. The predicted octanol–water partition coefficient (Wildman–Crippen LogP) is 0.991. The summed E-state index contributed by atoms with van der Waals surface area (Å²) < 4.78 is 24.7. The first kappa shape index (κ1) is 22.7. The molecule has 1 aromatic carbocycles. The van der Waals surface area contributed by atoms with Gasteiger partial charge in [0.05, 0.1) is 16.4 Å². The van der Waals surface area contributed by atoms with E-state index in [1.807, 2.05) is 6.07 Å². The Kier molecular flexibility index (Phi) is 5.62. The predicted molar refractivity (Wildman–Crippen MR) is 120 cm³/mol. The minimum absolute atomic E-state index is 0.0547. The number of carbonyl (C=O) groups excluding carboxylic acids is 2. The number of nitrogens with one attached hydrogen (secondary N) is 1. The summed E-state index contributed by atoms with van der Waals surface area (Å²) in [6.45, 7) is 2.36. The van der Waals surface area contributed by atoms with Crippen LogP contribution < -0.4 is 10.9 Å². The number of amides is 2. The van der Waals surface area contributed by atoms with Crippen LogP contribution in [0.1, 0.15) is 50.4 Å². The summed E-state index contributed by atoms with van der Waals surface area (Å²) in [6.07, 6.45) is 2.25. The highest BCUT2D eigenvalue weighted by atomic mass is 32.2. The second kappa shape index (κ2) is 8.15. The summed E-state index contributed by atoms with van der Waals surface area (Å²) in [6, 6.07) is 10.2. The number of aromatic nitrogens is 1. The number of fused-ring (bicyclic) bond motifs is 1. The topological polar surface area (TPSA) is 129 Å². The minimum Gasteiger partial charge on any atom is -0.348 e. The van der Waals surface area contributed by atoms with Crippen LogP contribution in [-0.4, -0.2) is 53.8 Å². The number of hydrogen-bond acceptors (Lipinski definition) is 6. The first-order valence-electron chi connectivity index (χ1n) is 10.6. The highest BCUT2D eigenvalue weighted by Gasteiger charge is 2.54. The van der Waals surface area contributed by atoms with Crippen LogP contribution in [-0.2, 0) is 22.9 Å². The van der Waals surface area contributed by atoms with Crippen LogP contribution in [0.25, 0.3) is 0 Å². The quantitative estimate of drug-likeness (QED) is 0.673. The molecule has 1 saturated carbocycles. The third-order valence-corrected chi connectivity index (χ3v) is 8.53. The van der Waals surface area contributed by atoms with Gasteiger partial charge >= 0.3 is 0 Å². The van der Waals surface area contributed by atoms with E-state index in [1.165, 1.54) is 21.8 Å². The average Bonchev–Trinajstić information content (AvgIpc) is 3.57. The number of hydrogen-bond donors (Lipinski definition) is 1. The Morgan fingerprint density at radius 2 is 1.85 bits per heavy atom. The molecule has 33 heavy (non-hydrogen) atoms. The van der Waals surface area contributed by atoms with Crippen molar-refractivity contribution in [2.75, 3.05) is 19.3 Å². The van der Waals surface area contributed by atoms with Crippen LogP contribution in [0.3, 0.4) is 0 Å². The Morgan fingerprint density at radius 1 is 1.18 bits per heavy atom. The summed E-state index contributed by atoms with van der Waals surface area (Å²) in [7, 11) is -3.29. The fraction of sp³-hybridized carbons (Fsp3) is 0.391. The van der Waals surface area contributed by atoms with Crippen LogP contribution in [0.4, 0.5) is 0 Å². The van der Waals surface area contributed by atoms with Crippen molar-refractivity contribution < 1.29 is 18.0 Å². The van der Waals surface area contributed by atoms with Crippen molar-refractivity contribution in [3.63, 3.8) is 0 Å². The molecular weight excluding hydrogens is 444 g/mol. The van der Waals surface area contributed by atoms with Gasteiger partial charge in [0.15, 0.2) is 9.84 Å². The molecule has 2 aromatic rings. The third-order valence-electron chi connectivity index (χ3n) is 6.42. The van der Waals surface area contributed by atoms with Crippen molar-refractivity contribution in [1.82, 2.24) is 14.8 Å². The molecule has 2 aliphatic rings. The van der Waals surface area contributed by atoms with Gasteiger partial charge in [0.25, 0.3) is 17.4 Å². The van der Waals surface area contributed by atoms with Gasteiger partial charge < -0.3 is 14.8 Å². The van der Waals surface area contributed by atoms with Crippen LogP contribution in [0, 0.1) is 18.3 Å². The number of rotatable bonds is 6. The van der Waals surface area contributed by atoms with Gasteiger partial charge in [-0.15, -0.1) is 0 Å². The van der Waals surface area contributed by atoms with E-state index in [-0.39, 0.29) is 37.4 Å². The summed E-state index contributed by atoms with van der Waals surface area (Å²) in [5.74, 6) is -0.943. The average molecular weight is 469 g/mol. The molecule has 0 radical (unpaired) electrons. The highest BCUT2D eigenvalue weighted by Crippen LogP contribution is 2.44. The molecule has 172 valence electrons. The van der Waals surface area contributed by atoms with Crippen molar-refractivity contribution >= 4 is 21.7 Å². The maximum absolute atomic E-state index is 13.1. The van der Waals surface area contributed by atoms with Gasteiger partial charge in [-0.05, 0) is 49.1 Å². The minimum atomic E-state index is -3.29. The zero-order chi connectivity index (χ0) is 24.0. The molecule has 1 N–H and O–H groups in total. The smallest absolute Gasteiger partial charge is 0.270 e. The number of pyridine rings is 1. The van der Waals surface area contributed by atoms with Crippen molar-refractivity contribution in [2.45, 2.75) is 37.6 Å². The summed E-state index contributed by atoms with van der Waals surface area (Å²) in [5.41, 5.74) is 1.36. The van der Waals surface area contributed by atoms with E-state index in [0.29, 0.717) is 24.0 Å². The largest absolute Gasteiger partial charge is 0.348 e. The Balaban J connectivity index is 1.54. The second-order valence-electron chi connectivity index (χ2n) is 8.72. The number of nitriles is 1. The number of sulfone groups is 1. The number of nitrogens with zero attached hydrogens (tertiary/aromatic N) is 3. The molecular formula is C23H24N4O5S. The molecule has 0 unspecified atom stereocenters. The maximum atomic E-state index is 13.1. The maximum Gasteiger partial charge on any atom is 0.270 e. The molecule has 9 nitrogen and oxygen atoms in total. The van der Waals surface area contributed by atoms with Crippen LogP contribution >= 0.6 is 0 Å². The summed E-state index contributed by atoms with van der Waals surface area (Å²) in [5, 5.41) is 11.6. The van der Waals surface area contributed by atoms with Crippen molar-refractivity contribution in [1.29, 1.82) is 5.26 Å². The Hall–Kier alpha value is -3.45. The zero-order valence-corrected chi connectivity index (χ0v) is 19.2. The van der Waals surface area contributed by atoms with Gasteiger partial charge in [0.2, 0.25) is 0 Å². The molecule has 1 aliphatic carbocycles. The SMILES string of the molecule is Cc1cc(C(=O)NCc2ccc(C#N)cc2)c(=O)n2c1C(=O)N(CC1(S(C)(=O)=O)CC1)CC2. The van der Waals surface area contributed by atoms with E-state index in [1.54, 1.807) is 31.2 Å². The molecule has 0 atom stereocenters. The van der Waals surface area contributed by atoms with Crippen LogP contribution in [0.15, 0.2) is 35.1 Å². The first-order valence-corrected chi connectivity index (χ1v) is 12.5. The number of benzene rings is 1. The zero-order valence-electron chi connectivity index (χ0n) is 18.4. The number of carbonyl (C=O) groups is 2. The van der Waals surface area contributed by atoms with Crippen LogP contribution in [0.5, 0.6) is 0 Å². The Bertz CT molecular complexity index is 1350. The van der Waals surface area contributed by atoms with Crippen LogP contribution in [0.2, 0.25) is 0 Å². The lowest BCUT2D eigenvalue weighted by molar-refractivity contribution is 0.0693. The van der Waals surface area contributed by atoms with E-state index in [2.05, 4.69) is 5.32 Å². The lowest BCUT2D eigenvalue weighted by atomic mass is 10.1.